The van der Waals surface area contributed by atoms with Gasteiger partial charge in [0.25, 0.3) is 0 Å². The molecule has 1 N–H and O–H groups in total. The van der Waals surface area contributed by atoms with Crippen LogP contribution in [0.25, 0.3) is 0 Å². The molecule has 0 radical (unpaired) electrons. The van der Waals surface area contributed by atoms with Crippen molar-refractivity contribution in [3.05, 3.63) is 12.2 Å². The van der Waals surface area contributed by atoms with Crippen molar-refractivity contribution in [1.82, 2.24) is 5.32 Å². The van der Waals surface area contributed by atoms with Crippen LogP contribution in [0.15, 0.2) is 12.2 Å². The Morgan fingerprint density at radius 3 is 2.33 bits per heavy atom. The smallest absolute Gasteiger partial charge is 0.0816 e. The van der Waals surface area contributed by atoms with Gasteiger partial charge in [-0.2, -0.15) is 0 Å². The fourth-order valence-electron chi connectivity index (χ4n) is 1.64. The highest BCUT2D eigenvalue weighted by atomic mass is 16.5. The van der Waals surface area contributed by atoms with Crippen molar-refractivity contribution in [2.24, 2.45) is 0 Å². The number of nitrogens with one attached hydrogen (secondary N) is 1. The van der Waals surface area contributed by atoms with E-state index in [0.29, 0.717) is 0 Å². The van der Waals surface area contributed by atoms with Crippen LogP contribution < -0.4 is 5.32 Å². The molecule has 0 rings (SSSR count). The Balaban J connectivity index is 4.36. The van der Waals surface area contributed by atoms with E-state index in [9.17, 15) is 0 Å². The Morgan fingerprint density at radius 1 is 1.58 bits per heavy atom. The molecule has 0 spiro atoms. The van der Waals surface area contributed by atoms with Gasteiger partial charge in [-0.3, -0.25) is 0 Å². The molecule has 0 fully saturated rings. The zero-order valence-corrected chi connectivity index (χ0v) is 8.90. The van der Waals surface area contributed by atoms with Gasteiger partial charge in [0.2, 0.25) is 0 Å². The van der Waals surface area contributed by atoms with E-state index in [0.717, 1.165) is 12.2 Å². The molecule has 0 amide bonds. The zero-order valence-electron chi connectivity index (χ0n) is 8.90. The lowest BCUT2D eigenvalue weighted by atomic mass is 9.93. The molecule has 2 nitrogen and oxygen atoms in total. The maximum Gasteiger partial charge on any atom is 0.0816 e. The normalized spacial score (nSPS) is 14.4. The van der Waals surface area contributed by atoms with E-state index in [1.807, 2.05) is 20.9 Å². The highest BCUT2D eigenvalue weighted by molar-refractivity contribution is 5.08. The number of hydrogen-bond acceptors (Lipinski definition) is 2. The Labute approximate surface area is 76.0 Å². The van der Waals surface area contributed by atoms with Crippen LogP contribution >= 0.6 is 0 Å². The van der Waals surface area contributed by atoms with E-state index in [1.54, 1.807) is 0 Å². The molecular formula is C10H21NO. The fraction of sp³-hybridized carbons (Fsp3) is 0.800. The van der Waals surface area contributed by atoms with Crippen LogP contribution in [-0.2, 0) is 4.74 Å². The van der Waals surface area contributed by atoms with Crippen LogP contribution in [0.2, 0.25) is 0 Å². The molecule has 0 saturated heterocycles. The van der Waals surface area contributed by atoms with Crippen molar-refractivity contribution in [2.45, 2.75) is 39.3 Å². The molecule has 0 aromatic heterocycles. The number of likely N-dealkylation sites (N-methyl/N-ethyl adjacent to an activating group) is 1. The summed E-state index contributed by atoms with van der Waals surface area (Å²) in [5, 5.41) is 3.20. The van der Waals surface area contributed by atoms with Gasteiger partial charge in [-0.15, -0.1) is 0 Å². The van der Waals surface area contributed by atoms with E-state index < -0.39 is 0 Å². The van der Waals surface area contributed by atoms with Gasteiger partial charge in [-0.05, 0) is 34.7 Å². The lowest BCUT2D eigenvalue weighted by molar-refractivity contribution is -0.0276. The van der Waals surface area contributed by atoms with Crippen LogP contribution in [0.5, 0.6) is 0 Å². The molecule has 0 aliphatic rings. The van der Waals surface area contributed by atoms with Gasteiger partial charge in [0.1, 0.15) is 0 Å². The second kappa shape index (κ2) is 4.63. The minimum Gasteiger partial charge on any atom is -0.374 e. The first-order valence-electron chi connectivity index (χ1n) is 4.42. The van der Waals surface area contributed by atoms with Crippen molar-refractivity contribution in [2.75, 3.05) is 13.7 Å². The Morgan fingerprint density at radius 2 is 2.08 bits per heavy atom. The maximum atomic E-state index is 5.62. The predicted molar refractivity (Wildman–Crippen MR) is 53.4 cm³/mol. The van der Waals surface area contributed by atoms with Crippen molar-refractivity contribution in [1.29, 1.82) is 0 Å². The summed E-state index contributed by atoms with van der Waals surface area (Å²) in [5.74, 6) is 0. The first-order chi connectivity index (χ1) is 5.45. The van der Waals surface area contributed by atoms with Gasteiger partial charge in [0, 0.05) is 6.61 Å². The molecular weight excluding hydrogens is 150 g/mol. The summed E-state index contributed by atoms with van der Waals surface area (Å²) in [5.41, 5.74) is 0.936. The summed E-state index contributed by atoms with van der Waals surface area (Å²) in [7, 11) is 1.93. The standard InChI is InChI=1S/C10H21NO/c1-7-12-10(4,5)9(11-6)8(2)3/h9,11H,2,7H2,1,3-6H3. The third kappa shape index (κ3) is 2.95. The van der Waals surface area contributed by atoms with E-state index in [1.165, 1.54) is 0 Å². The second-order valence-corrected chi connectivity index (χ2v) is 3.60. The Bertz CT molecular complexity index is 152. The molecule has 72 valence electrons. The lowest BCUT2D eigenvalue weighted by Gasteiger charge is -2.34. The van der Waals surface area contributed by atoms with Crippen LogP contribution in [0.1, 0.15) is 27.7 Å². The Hall–Kier alpha value is -0.340. The molecule has 0 bridgehead atoms. The minimum atomic E-state index is -0.171. The molecule has 0 aliphatic heterocycles. The molecule has 0 aliphatic carbocycles. The minimum absolute atomic E-state index is 0.171. The van der Waals surface area contributed by atoms with Gasteiger partial charge < -0.3 is 10.1 Å². The molecule has 0 saturated carbocycles. The molecule has 12 heavy (non-hydrogen) atoms. The number of ether oxygens (including phenoxy) is 1. The van der Waals surface area contributed by atoms with E-state index in [4.69, 9.17) is 4.74 Å². The monoisotopic (exact) mass is 171 g/mol. The van der Waals surface area contributed by atoms with Crippen molar-refractivity contribution in [3.63, 3.8) is 0 Å². The highest BCUT2D eigenvalue weighted by Gasteiger charge is 2.28. The number of rotatable bonds is 5. The summed E-state index contributed by atoms with van der Waals surface area (Å²) >= 11 is 0. The molecule has 1 unspecified atom stereocenters. The largest absolute Gasteiger partial charge is 0.374 e. The van der Waals surface area contributed by atoms with Gasteiger partial charge in [0.05, 0.1) is 11.6 Å². The van der Waals surface area contributed by atoms with Crippen LogP contribution in [-0.4, -0.2) is 25.3 Å². The van der Waals surface area contributed by atoms with Crippen molar-refractivity contribution >= 4 is 0 Å². The summed E-state index contributed by atoms with van der Waals surface area (Å²) in [6.45, 7) is 12.8. The van der Waals surface area contributed by atoms with E-state index in [-0.39, 0.29) is 11.6 Å². The van der Waals surface area contributed by atoms with Crippen molar-refractivity contribution in [3.8, 4) is 0 Å². The molecule has 1 atom stereocenters. The van der Waals surface area contributed by atoms with Gasteiger partial charge in [-0.25, -0.2) is 0 Å². The third-order valence-electron chi connectivity index (χ3n) is 1.99. The topological polar surface area (TPSA) is 21.3 Å². The first-order valence-corrected chi connectivity index (χ1v) is 4.42. The first kappa shape index (κ1) is 11.7. The van der Waals surface area contributed by atoms with Crippen LogP contribution in [0, 0.1) is 0 Å². The summed E-state index contributed by atoms with van der Waals surface area (Å²) < 4.78 is 5.62. The van der Waals surface area contributed by atoms with Gasteiger partial charge in [0.15, 0.2) is 0 Å². The molecule has 0 aromatic carbocycles. The van der Waals surface area contributed by atoms with E-state index >= 15 is 0 Å². The van der Waals surface area contributed by atoms with Crippen LogP contribution in [0.3, 0.4) is 0 Å². The average Bonchev–Trinajstić information content (AvgIpc) is 1.86. The predicted octanol–water partition coefficient (Wildman–Crippen LogP) is 1.97. The fourth-order valence-corrected chi connectivity index (χ4v) is 1.64. The quantitative estimate of drug-likeness (QED) is 0.638. The summed E-state index contributed by atoms with van der Waals surface area (Å²) in [6, 6.07) is 0.220. The third-order valence-corrected chi connectivity index (χ3v) is 1.99. The lowest BCUT2D eigenvalue weighted by Crippen LogP contribution is -2.47. The highest BCUT2D eigenvalue weighted by Crippen LogP contribution is 2.19. The number of hydrogen-bond donors (Lipinski definition) is 1. The Kier molecular flexibility index (Phi) is 4.50. The van der Waals surface area contributed by atoms with Crippen LogP contribution in [0.4, 0.5) is 0 Å². The van der Waals surface area contributed by atoms with Gasteiger partial charge >= 0.3 is 0 Å². The molecule has 0 aromatic rings. The second-order valence-electron chi connectivity index (χ2n) is 3.60. The van der Waals surface area contributed by atoms with E-state index in [2.05, 4.69) is 25.7 Å². The van der Waals surface area contributed by atoms with Crippen molar-refractivity contribution < 1.29 is 4.74 Å². The summed E-state index contributed by atoms with van der Waals surface area (Å²) in [4.78, 5) is 0. The zero-order chi connectivity index (χ0) is 9.78. The average molecular weight is 171 g/mol. The molecule has 2 heteroatoms. The SMILES string of the molecule is C=C(C)C(NC)C(C)(C)OCC. The summed E-state index contributed by atoms with van der Waals surface area (Å²) in [6.07, 6.45) is 0. The van der Waals surface area contributed by atoms with Gasteiger partial charge in [-0.1, -0.05) is 12.2 Å². The maximum absolute atomic E-state index is 5.62. The molecule has 0 heterocycles.